The second-order valence-corrected chi connectivity index (χ2v) is 7.25. The molecule has 0 bridgehead atoms. The van der Waals surface area contributed by atoms with Gasteiger partial charge in [0, 0.05) is 25.5 Å². The number of aromatic nitrogens is 3. The van der Waals surface area contributed by atoms with E-state index in [-0.39, 0.29) is 18.3 Å². The molecule has 2 aliphatic rings. The smallest absolute Gasteiger partial charge is 0.334 e. The summed E-state index contributed by atoms with van der Waals surface area (Å²) >= 11 is 0. The Bertz CT molecular complexity index is 797. The summed E-state index contributed by atoms with van der Waals surface area (Å²) in [6, 6.07) is 2.53. The van der Waals surface area contributed by atoms with Crippen LogP contribution in [0.1, 0.15) is 60.2 Å². The highest BCUT2D eigenvalue weighted by molar-refractivity contribution is 5.25. The molecule has 3 heterocycles. The van der Waals surface area contributed by atoms with Gasteiger partial charge in [0.25, 0.3) is 0 Å². The predicted octanol–water partition coefficient (Wildman–Crippen LogP) is 4.05. The van der Waals surface area contributed by atoms with Crippen molar-refractivity contribution in [1.82, 2.24) is 19.4 Å². The average molecular weight is 364 g/mol. The van der Waals surface area contributed by atoms with E-state index in [1.54, 1.807) is 0 Å². The Hall–Kier alpha value is -1.89. The molecule has 2 aromatic heterocycles. The number of pyridine rings is 1. The highest BCUT2D eigenvalue weighted by Gasteiger charge is 2.37. The summed E-state index contributed by atoms with van der Waals surface area (Å²) in [5.74, 6) is 0.999. The first-order valence-corrected chi connectivity index (χ1v) is 9.24. The molecule has 0 unspecified atom stereocenters. The van der Waals surface area contributed by atoms with Crippen LogP contribution in [-0.4, -0.2) is 26.0 Å². The van der Waals surface area contributed by atoms with Crippen molar-refractivity contribution < 1.29 is 13.2 Å². The lowest BCUT2D eigenvalue weighted by Crippen LogP contribution is -2.27. The molecule has 0 N–H and O–H groups in total. The number of aryl methyl sites for hydroxylation is 1. The van der Waals surface area contributed by atoms with Crippen LogP contribution in [0.15, 0.2) is 18.3 Å². The van der Waals surface area contributed by atoms with Gasteiger partial charge in [-0.15, -0.1) is 0 Å². The number of hydrogen-bond donors (Lipinski definition) is 0. The quantitative estimate of drug-likeness (QED) is 0.824. The van der Waals surface area contributed by atoms with E-state index >= 15 is 0 Å². The van der Waals surface area contributed by atoms with E-state index in [4.69, 9.17) is 4.98 Å². The fourth-order valence-electron chi connectivity index (χ4n) is 4.33. The zero-order valence-corrected chi connectivity index (χ0v) is 14.9. The van der Waals surface area contributed by atoms with E-state index in [9.17, 15) is 13.2 Å². The third kappa shape index (κ3) is 3.13. The standard InChI is InChI=1S/C19H23F3N4/c1-25-16-8-3-2-7-14(16)24-18(25)17-9-5-11-26(17)12-15-13(19(20,21)22)6-4-10-23-15/h4,6,10,17H,2-3,5,7-9,11-12H2,1H3/t17-/m0/s1. The maximum Gasteiger partial charge on any atom is 0.418 e. The van der Waals surface area contributed by atoms with Gasteiger partial charge in [-0.25, -0.2) is 4.98 Å². The molecule has 0 saturated carbocycles. The van der Waals surface area contributed by atoms with Crippen LogP contribution in [0, 0.1) is 0 Å². The number of alkyl halides is 3. The molecule has 7 heteroatoms. The summed E-state index contributed by atoms with van der Waals surface area (Å²) in [4.78, 5) is 11.0. The van der Waals surface area contributed by atoms with Crippen LogP contribution in [0.25, 0.3) is 0 Å². The van der Waals surface area contributed by atoms with Crippen molar-refractivity contribution in [3.8, 4) is 0 Å². The predicted molar refractivity (Wildman–Crippen MR) is 91.5 cm³/mol. The molecule has 140 valence electrons. The number of imidazole rings is 1. The van der Waals surface area contributed by atoms with E-state index in [1.165, 1.54) is 36.5 Å². The van der Waals surface area contributed by atoms with Crippen molar-refractivity contribution in [1.29, 1.82) is 0 Å². The number of rotatable bonds is 3. The molecule has 1 atom stereocenters. The fourth-order valence-corrected chi connectivity index (χ4v) is 4.33. The third-order valence-electron chi connectivity index (χ3n) is 5.62. The van der Waals surface area contributed by atoms with Crippen molar-refractivity contribution in [3.63, 3.8) is 0 Å². The first-order valence-electron chi connectivity index (χ1n) is 9.24. The van der Waals surface area contributed by atoms with Crippen LogP contribution in [-0.2, 0) is 32.6 Å². The number of nitrogens with zero attached hydrogens (tertiary/aromatic N) is 4. The Balaban J connectivity index is 1.62. The van der Waals surface area contributed by atoms with Crippen LogP contribution in [0.5, 0.6) is 0 Å². The normalized spacial score (nSPS) is 21.2. The van der Waals surface area contributed by atoms with Gasteiger partial charge in [0.05, 0.1) is 23.0 Å². The molecule has 1 fully saturated rings. The molecule has 1 aliphatic heterocycles. The summed E-state index contributed by atoms with van der Waals surface area (Å²) in [7, 11) is 2.05. The summed E-state index contributed by atoms with van der Waals surface area (Å²) < 4.78 is 42.0. The van der Waals surface area contributed by atoms with Crippen LogP contribution in [0.3, 0.4) is 0 Å². The maximum atomic E-state index is 13.3. The van der Waals surface area contributed by atoms with E-state index in [0.717, 1.165) is 44.1 Å². The zero-order valence-electron chi connectivity index (χ0n) is 14.9. The van der Waals surface area contributed by atoms with Crippen molar-refractivity contribution in [2.75, 3.05) is 6.54 Å². The zero-order chi connectivity index (χ0) is 18.3. The highest BCUT2D eigenvalue weighted by Crippen LogP contribution is 2.37. The molecule has 1 aliphatic carbocycles. The second kappa shape index (κ2) is 6.68. The van der Waals surface area contributed by atoms with Crippen LogP contribution in [0.4, 0.5) is 13.2 Å². The van der Waals surface area contributed by atoms with Crippen LogP contribution < -0.4 is 0 Å². The molecule has 4 nitrogen and oxygen atoms in total. The lowest BCUT2D eigenvalue weighted by atomic mass is 10.0. The third-order valence-corrected chi connectivity index (χ3v) is 5.62. The van der Waals surface area contributed by atoms with Gasteiger partial charge in [-0.2, -0.15) is 13.2 Å². The first kappa shape index (κ1) is 17.5. The lowest BCUT2D eigenvalue weighted by Gasteiger charge is -2.25. The highest BCUT2D eigenvalue weighted by atomic mass is 19.4. The first-order chi connectivity index (χ1) is 12.4. The number of hydrogen-bond acceptors (Lipinski definition) is 3. The van der Waals surface area contributed by atoms with E-state index in [1.807, 2.05) is 7.05 Å². The Morgan fingerprint density at radius 3 is 2.77 bits per heavy atom. The van der Waals surface area contributed by atoms with Crippen LogP contribution in [0.2, 0.25) is 0 Å². The fraction of sp³-hybridized carbons (Fsp3) is 0.579. The SMILES string of the molecule is Cn1c([C@@H]2CCCN2Cc2ncccc2C(F)(F)F)nc2c1CCCC2. The summed E-state index contributed by atoms with van der Waals surface area (Å²) in [6.07, 6.45) is 3.37. The minimum absolute atomic E-state index is 0.0636. The molecule has 2 aromatic rings. The second-order valence-electron chi connectivity index (χ2n) is 7.25. The Kier molecular flexibility index (Phi) is 4.50. The monoisotopic (exact) mass is 364 g/mol. The van der Waals surface area contributed by atoms with Gasteiger partial charge in [0.15, 0.2) is 0 Å². The number of halogens is 3. The molecular formula is C19H23F3N4. The minimum Gasteiger partial charge on any atom is -0.334 e. The Morgan fingerprint density at radius 1 is 1.19 bits per heavy atom. The molecule has 0 amide bonds. The Morgan fingerprint density at radius 2 is 2.00 bits per heavy atom. The van der Waals surface area contributed by atoms with Crippen molar-refractivity contribution in [3.05, 3.63) is 46.8 Å². The molecule has 4 rings (SSSR count). The van der Waals surface area contributed by atoms with Crippen LogP contribution >= 0.6 is 0 Å². The van der Waals surface area contributed by atoms with E-state index in [2.05, 4.69) is 14.5 Å². The number of likely N-dealkylation sites (tertiary alicyclic amines) is 1. The Labute approximate surface area is 151 Å². The minimum atomic E-state index is -4.37. The van der Waals surface area contributed by atoms with Gasteiger partial charge in [-0.1, -0.05) is 0 Å². The van der Waals surface area contributed by atoms with Gasteiger partial charge in [-0.3, -0.25) is 9.88 Å². The van der Waals surface area contributed by atoms with Gasteiger partial charge in [0.1, 0.15) is 5.82 Å². The summed E-state index contributed by atoms with van der Waals surface area (Å²) in [6.45, 7) is 0.980. The van der Waals surface area contributed by atoms with E-state index < -0.39 is 11.7 Å². The van der Waals surface area contributed by atoms with Gasteiger partial charge in [-0.05, 0) is 57.2 Å². The van der Waals surface area contributed by atoms with Crippen molar-refractivity contribution >= 4 is 0 Å². The molecule has 0 radical (unpaired) electrons. The summed E-state index contributed by atoms with van der Waals surface area (Å²) in [5.41, 5.74) is 1.94. The average Bonchev–Trinajstić information content (AvgIpc) is 3.19. The topological polar surface area (TPSA) is 34.0 Å². The van der Waals surface area contributed by atoms with Crippen molar-refractivity contribution in [2.24, 2.45) is 7.05 Å². The molecule has 26 heavy (non-hydrogen) atoms. The summed E-state index contributed by atoms with van der Waals surface area (Å²) in [5, 5.41) is 0. The van der Waals surface area contributed by atoms with Gasteiger partial charge in [0.2, 0.25) is 0 Å². The van der Waals surface area contributed by atoms with E-state index in [0.29, 0.717) is 0 Å². The maximum absolute atomic E-state index is 13.3. The molecule has 0 aromatic carbocycles. The van der Waals surface area contributed by atoms with Crippen molar-refractivity contribution in [2.45, 2.75) is 57.3 Å². The number of fused-ring (bicyclic) bond motifs is 1. The largest absolute Gasteiger partial charge is 0.418 e. The lowest BCUT2D eigenvalue weighted by molar-refractivity contribution is -0.138. The molecular weight excluding hydrogens is 341 g/mol. The van der Waals surface area contributed by atoms with Gasteiger partial charge < -0.3 is 4.57 Å². The molecule has 0 spiro atoms. The molecule has 1 saturated heterocycles. The van der Waals surface area contributed by atoms with Gasteiger partial charge >= 0.3 is 6.18 Å².